The third-order valence-corrected chi connectivity index (χ3v) is 2.74. The van der Waals surface area contributed by atoms with E-state index >= 15 is 0 Å². The quantitative estimate of drug-likeness (QED) is 0.645. The Balaban J connectivity index is 2.46. The summed E-state index contributed by atoms with van der Waals surface area (Å²) >= 11 is 3.35. The zero-order valence-corrected chi connectivity index (χ0v) is 10.9. The maximum atomic E-state index is 11.7. The van der Waals surface area contributed by atoms with Crippen LogP contribution in [0.25, 0.3) is 0 Å². The summed E-state index contributed by atoms with van der Waals surface area (Å²) in [6.45, 7) is 0.710. The Morgan fingerprint density at radius 2 is 2.25 bits per heavy atom. The van der Waals surface area contributed by atoms with Gasteiger partial charge in [-0.2, -0.15) is 0 Å². The summed E-state index contributed by atoms with van der Waals surface area (Å²) in [6, 6.07) is 7.15. The lowest BCUT2D eigenvalue weighted by Crippen LogP contribution is -2.24. The van der Waals surface area contributed by atoms with E-state index in [9.17, 15) is 4.79 Å². The zero-order valence-electron chi connectivity index (χ0n) is 9.33. The van der Waals surface area contributed by atoms with Gasteiger partial charge >= 0.3 is 0 Å². The topological polar surface area (TPSA) is 38.3 Å². The van der Waals surface area contributed by atoms with Crippen molar-refractivity contribution >= 4 is 21.8 Å². The third-order valence-electron chi connectivity index (χ3n) is 2.18. The van der Waals surface area contributed by atoms with Crippen LogP contribution in [-0.2, 0) is 0 Å². The maximum Gasteiger partial charge on any atom is 0.251 e. The summed E-state index contributed by atoms with van der Waals surface area (Å²) in [5.41, 5.74) is 0.637. The van der Waals surface area contributed by atoms with Gasteiger partial charge in [-0.1, -0.05) is 22.0 Å². The van der Waals surface area contributed by atoms with E-state index in [1.54, 1.807) is 19.2 Å². The number of nitrogens with one attached hydrogen (secondary N) is 1. The summed E-state index contributed by atoms with van der Waals surface area (Å²) in [5, 5.41) is 3.84. The highest BCUT2D eigenvalue weighted by atomic mass is 79.9. The predicted octanol–water partition coefficient (Wildman–Crippen LogP) is 2.60. The number of hydrogen-bond acceptors (Lipinski definition) is 2. The monoisotopic (exact) mass is 285 g/mol. The number of ether oxygens (including phenoxy) is 1. The second-order valence-electron chi connectivity index (χ2n) is 3.38. The first-order valence-corrected chi connectivity index (χ1v) is 6.38. The molecule has 0 saturated heterocycles. The van der Waals surface area contributed by atoms with Crippen LogP contribution in [0.5, 0.6) is 5.75 Å². The van der Waals surface area contributed by atoms with E-state index in [4.69, 9.17) is 4.74 Å². The molecule has 0 aliphatic rings. The molecule has 1 N–H and O–H groups in total. The van der Waals surface area contributed by atoms with Gasteiger partial charge in [0, 0.05) is 17.4 Å². The molecule has 0 unspecified atom stereocenters. The fourth-order valence-electron chi connectivity index (χ4n) is 1.29. The largest absolute Gasteiger partial charge is 0.497 e. The number of halogens is 1. The van der Waals surface area contributed by atoms with Crippen LogP contribution in [0.3, 0.4) is 0 Å². The smallest absolute Gasteiger partial charge is 0.251 e. The number of methoxy groups -OCH3 is 1. The van der Waals surface area contributed by atoms with Crippen molar-refractivity contribution in [3.8, 4) is 5.75 Å². The predicted molar refractivity (Wildman–Crippen MR) is 68.4 cm³/mol. The first-order chi connectivity index (χ1) is 7.77. The average molecular weight is 286 g/mol. The third kappa shape index (κ3) is 4.23. The first-order valence-electron chi connectivity index (χ1n) is 5.26. The van der Waals surface area contributed by atoms with Crippen LogP contribution in [-0.4, -0.2) is 24.9 Å². The van der Waals surface area contributed by atoms with Crippen LogP contribution in [0, 0.1) is 0 Å². The minimum atomic E-state index is -0.0477. The van der Waals surface area contributed by atoms with Crippen molar-refractivity contribution in [2.45, 2.75) is 12.8 Å². The van der Waals surface area contributed by atoms with Crippen molar-refractivity contribution in [3.63, 3.8) is 0 Å². The molecule has 4 heteroatoms. The molecular formula is C12H16BrNO2. The second kappa shape index (κ2) is 7.28. The Kier molecular flexibility index (Phi) is 5.93. The molecule has 1 rings (SSSR count). The molecule has 1 aromatic rings. The Morgan fingerprint density at radius 1 is 1.44 bits per heavy atom. The fraction of sp³-hybridized carbons (Fsp3) is 0.417. The van der Waals surface area contributed by atoms with Crippen molar-refractivity contribution in [2.24, 2.45) is 0 Å². The van der Waals surface area contributed by atoms with Crippen molar-refractivity contribution in [1.82, 2.24) is 5.32 Å². The van der Waals surface area contributed by atoms with Gasteiger partial charge in [0.1, 0.15) is 5.75 Å². The molecule has 0 atom stereocenters. The highest BCUT2D eigenvalue weighted by Crippen LogP contribution is 2.12. The molecule has 0 saturated carbocycles. The second-order valence-corrected chi connectivity index (χ2v) is 4.18. The van der Waals surface area contributed by atoms with Gasteiger partial charge in [0.25, 0.3) is 5.91 Å². The lowest BCUT2D eigenvalue weighted by molar-refractivity contribution is 0.0953. The van der Waals surface area contributed by atoms with Gasteiger partial charge < -0.3 is 10.1 Å². The van der Waals surface area contributed by atoms with Crippen LogP contribution in [0.1, 0.15) is 23.2 Å². The molecule has 0 aliphatic heterocycles. The van der Waals surface area contributed by atoms with Gasteiger partial charge in [0.2, 0.25) is 0 Å². The molecular weight excluding hydrogens is 270 g/mol. The van der Waals surface area contributed by atoms with Gasteiger partial charge in [-0.05, 0) is 31.0 Å². The normalized spacial score (nSPS) is 9.88. The molecule has 1 amide bonds. The summed E-state index contributed by atoms with van der Waals surface area (Å²) in [6.07, 6.45) is 2.05. The molecule has 0 aliphatic carbocycles. The minimum Gasteiger partial charge on any atom is -0.497 e. The molecule has 0 spiro atoms. The number of benzene rings is 1. The SMILES string of the molecule is COc1cccc(C(=O)NCCCCBr)c1. The van der Waals surface area contributed by atoms with Crippen molar-refractivity contribution in [1.29, 1.82) is 0 Å². The van der Waals surface area contributed by atoms with Crippen molar-refractivity contribution < 1.29 is 9.53 Å². The highest BCUT2D eigenvalue weighted by Gasteiger charge is 2.05. The van der Waals surface area contributed by atoms with E-state index in [-0.39, 0.29) is 5.91 Å². The number of carbonyl (C=O) groups excluding carboxylic acids is 1. The Labute approximate surface area is 104 Å². The van der Waals surface area contributed by atoms with Crippen LogP contribution < -0.4 is 10.1 Å². The highest BCUT2D eigenvalue weighted by molar-refractivity contribution is 9.09. The average Bonchev–Trinajstić information content (AvgIpc) is 2.34. The summed E-state index contributed by atoms with van der Waals surface area (Å²) in [4.78, 5) is 11.7. The van der Waals surface area contributed by atoms with Gasteiger partial charge in [-0.15, -0.1) is 0 Å². The molecule has 0 bridgehead atoms. The maximum absolute atomic E-state index is 11.7. The summed E-state index contributed by atoms with van der Waals surface area (Å²) in [7, 11) is 1.59. The zero-order chi connectivity index (χ0) is 11.8. The number of alkyl halides is 1. The minimum absolute atomic E-state index is 0.0477. The number of hydrogen-bond donors (Lipinski definition) is 1. The molecule has 0 fully saturated rings. The molecule has 3 nitrogen and oxygen atoms in total. The molecule has 88 valence electrons. The summed E-state index contributed by atoms with van der Waals surface area (Å²) < 4.78 is 5.06. The Morgan fingerprint density at radius 3 is 2.94 bits per heavy atom. The number of unbranched alkanes of at least 4 members (excludes halogenated alkanes) is 1. The van der Waals surface area contributed by atoms with Crippen LogP contribution in [0.4, 0.5) is 0 Å². The van der Waals surface area contributed by atoms with Crippen LogP contribution >= 0.6 is 15.9 Å². The Bertz CT molecular complexity index is 342. The van der Waals surface area contributed by atoms with Gasteiger partial charge in [-0.25, -0.2) is 0 Å². The van der Waals surface area contributed by atoms with Gasteiger partial charge in [0.15, 0.2) is 0 Å². The van der Waals surface area contributed by atoms with Crippen molar-refractivity contribution in [3.05, 3.63) is 29.8 Å². The van der Waals surface area contributed by atoms with E-state index < -0.39 is 0 Å². The van der Waals surface area contributed by atoms with Crippen molar-refractivity contribution in [2.75, 3.05) is 19.0 Å². The lowest BCUT2D eigenvalue weighted by atomic mass is 10.2. The fourth-order valence-corrected chi connectivity index (χ4v) is 1.68. The van der Waals surface area contributed by atoms with E-state index in [1.807, 2.05) is 12.1 Å². The van der Waals surface area contributed by atoms with Gasteiger partial charge in [0.05, 0.1) is 7.11 Å². The number of carbonyl (C=O) groups is 1. The first kappa shape index (κ1) is 13.0. The molecule has 0 aromatic heterocycles. The van der Waals surface area contributed by atoms with Crippen LogP contribution in [0.2, 0.25) is 0 Å². The van der Waals surface area contributed by atoms with Crippen LogP contribution in [0.15, 0.2) is 24.3 Å². The summed E-state index contributed by atoms with van der Waals surface area (Å²) in [5.74, 6) is 0.654. The molecule has 0 radical (unpaired) electrons. The van der Waals surface area contributed by atoms with Gasteiger partial charge in [-0.3, -0.25) is 4.79 Å². The van der Waals surface area contributed by atoms with E-state index in [0.29, 0.717) is 17.9 Å². The van der Waals surface area contributed by atoms with E-state index in [1.165, 1.54) is 0 Å². The molecule has 16 heavy (non-hydrogen) atoms. The molecule has 1 aromatic carbocycles. The number of rotatable bonds is 6. The molecule has 0 heterocycles. The lowest BCUT2D eigenvalue weighted by Gasteiger charge is -2.06. The Hall–Kier alpha value is -1.03. The van der Waals surface area contributed by atoms with E-state index in [0.717, 1.165) is 18.2 Å². The standard InChI is InChI=1S/C12H16BrNO2/c1-16-11-6-4-5-10(9-11)12(15)14-8-3-2-7-13/h4-6,9H,2-3,7-8H2,1H3,(H,14,15). The van der Waals surface area contributed by atoms with E-state index in [2.05, 4.69) is 21.2 Å². The number of amides is 1.